The highest BCUT2D eigenvalue weighted by Crippen LogP contribution is 2.48. The van der Waals surface area contributed by atoms with Crippen LogP contribution in [0.25, 0.3) is 0 Å². The molecule has 1 amide bonds. The molecule has 0 saturated carbocycles. The van der Waals surface area contributed by atoms with Crippen molar-refractivity contribution in [1.82, 2.24) is 5.32 Å². The fraction of sp³-hybridized carbons (Fsp3) is 0.316. The molecule has 0 unspecified atom stereocenters. The van der Waals surface area contributed by atoms with E-state index in [1.54, 1.807) is 6.07 Å². The predicted molar refractivity (Wildman–Crippen MR) is 98.0 cm³/mol. The zero-order valence-corrected chi connectivity index (χ0v) is 15.7. The van der Waals surface area contributed by atoms with Gasteiger partial charge in [0.25, 0.3) is 0 Å². The van der Waals surface area contributed by atoms with Gasteiger partial charge in [0, 0.05) is 16.6 Å². The van der Waals surface area contributed by atoms with Crippen LogP contribution < -0.4 is 15.0 Å². The summed E-state index contributed by atoms with van der Waals surface area (Å²) in [5.41, 5.74) is 1.55. The second-order valence-corrected chi connectivity index (χ2v) is 7.53. The Hall–Kier alpha value is -2.22. The number of benzene rings is 2. The molecule has 2 aromatic carbocycles. The molecule has 2 aliphatic heterocycles. The summed E-state index contributed by atoms with van der Waals surface area (Å²) in [5.74, 6) is -0.691. The van der Waals surface area contributed by atoms with E-state index < -0.39 is 24.2 Å². The van der Waals surface area contributed by atoms with Gasteiger partial charge in [-0.15, -0.1) is 0 Å². The molecule has 1 saturated heterocycles. The molecule has 142 valence electrons. The Kier molecular flexibility index (Phi) is 4.53. The van der Waals surface area contributed by atoms with Crippen LogP contribution in [0, 0.1) is 0 Å². The zero-order chi connectivity index (χ0) is 19.2. The van der Waals surface area contributed by atoms with Crippen LogP contribution in [0.2, 0.25) is 0 Å². The molecular formula is C19H16BrF3N2O2. The van der Waals surface area contributed by atoms with E-state index in [2.05, 4.69) is 21.2 Å². The number of ether oxygens (including phenoxy) is 1. The highest BCUT2D eigenvalue weighted by Gasteiger charge is 2.44. The van der Waals surface area contributed by atoms with Gasteiger partial charge in [0.15, 0.2) is 5.75 Å². The molecule has 0 bridgehead atoms. The van der Waals surface area contributed by atoms with Crippen LogP contribution in [0.3, 0.4) is 0 Å². The van der Waals surface area contributed by atoms with Crippen molar-refractivity contribution in [2.75, 3.05) is 11.4 Å². The minimum atomic E-state index is -4.91. The van der Waals surface area contributed by atoms with Crippen LogP contribution in [0.4, 0.5) is 18.9 Å². The maximum Gasteiger partial charge on any atom is 0.471 e. The first kappa shape index (κ1) is 18.2. The first-order chi connectivity index (χ1) is 12.8. The lowest BCUT2D eigenvalue weighted by molar-refractivity contribution is -0.174. The Labute approximate surface area is 162 Å². The fourth-order valence-corrected chi connectivity index (χ4v) is 4.14. The van der Waals surface area contributed by atoms with Crippen molar-refractivity contribution in [3.8, 4) is 11.5 Å². The molecule has 2 atom stereocenters. The van der Waals surface area contributed by atoms with Crippen molar-refractivity contribution in [2.24, 2.45) is 0 Å². The summed E-state index contributed by atoms with van der Waals surface area (Å²) in [6, 6.07) is 11.7. The van der Waals surface area contributed by atoms with Crippen molar-refractivity contribution < 1.29 is 22.7 Å². The number of nitrogens with zero attached hydrogens (tertiary/aromatic N) is 1. The van der Waals surface area contributed by atoms with E-state index >= 15 is 0 Å². The smallest absolute Gasteiger partial charge is 0.455 e. The lowest BCUT2D eigenvalue weighted by Crippen LogP contribution is -2.52. The average Bonchev–Trinajstić information content (AvgIpc) is 2.76. The first-order valence-electron chi connectivity index (χ1n) is 8.55. The third-order valence-electron chi connectivity index (χ3n) is 4.89. The molecule has 2 aromatic rings. The van der Waals surface area contributed by atoms with E-state index in [0.29, 0.717) is 30.9 Å². The molecule has 4 nitrogen and oxygen atoms in total. The molecule has 4 rings (SSSR count). The number of anilines is 1. The molecule has 0 aliphatic carbocycles. The van der Waals surface area contributed by atoms with Crippen molar-refractivity contribution >= 4 is 27.5 Å². The van der Waals surface area contributed by atoms with Gasteiger partial charge in [-0.1, -0.05) is 34.1 Å². The molecule has 1 fully saturated rings. The predicted octanol–water partition coefficient (Wildman–Crippen LogP) is 4.94. The third kappa shape index (κ3) is 3.38. The molecule has 2 aliphatic rings. The quantitative estimate of drug-likeness (QED) is 0.682. The maximum atomic E-state index is 12.8. The molecule has 2 heterocycles. The number of alkyl halides is 3. The van der Waals surface area contributed by atoms with E-state index in [0.717, 1.165) is 15.7 Å². The van der Waals surface area contributed by atoms with Gasteiger partial charge < -0.3 is 15.0 Å². The number of para-hydroxylation sites is 1. The summed E-state index contributed by atoms with van der Waals surface area (Å²) in [6.45, 7) is 0.657. The van der Waals surface area contributed by atoms with Gasteiger partial charge in [-0.3, -0.25) is 4.79 Å². The van der Waals surface area contributed by atoms with E-state index in [1.807, 2.05) is 41.3 Å². The summed E-state index contributed by atoms with van der Waals surface area (Å²) >= 11 is 3.45. The number of carbonyl (C=O) groups is 1. The van der Waals surface area contributed by atoms with Crippen LogP contribution in [0.1, 0.15) is 24.4 Å². The summed E-state index contributed by atoms with van der Waals surface area (Å²) in [4.78, 5) is 13.6. The second-order valence-electron chi connectivity index (χ2n) is 6.61. The van der Waals surface area contributed by atoms with Crippen LogP contribution in [-0.4, -0.2) is 24.7 Å². The fourth-order valence-electron chi connectivity index (χ4n) is 3.79. The van der Waals surface area contributed by atoms with Gasteiger partial charge in [-0.25, -0.2) is 0 Å². The van der Waals surface area contributed by atoms with E-state index in [-0.39, 0.29) is 0 Å². The molecule has 0 spiro atoms. The van der Waals surface area contributed by atoms with Crippen molar-refractivity contribution in [2.45, 2.75) is 31.1 Å². The Morgan fingerprint density at radius 2 is 1.96 bits per heavy atom. The van der Waals surface area contributed by atoms with Gasteiger partial charge >= 0.3 is 12.1 Å². The number of nitrogens with one attached hydrogen (secondary N) is 1. The number of carbonyl (C=O) groups excluding carboxylic acids is 1. The van der Waals surface area contributed by atoms with Crippen molar-refractivity contribution in [3.05, 3.63) is 52.5 Å². The number of fused-ring (bicyclic) bond motifs is 5. The average molecular weight is 441 g/mol. The zero-order valence-electron chi connectivity index (χ0n) is 14.1. The summed E-state index contributed by atoms with van der Waals surface area (Å²) in [5, 5.41) is 2.20. The lowest BCUT2D eigenvalue weighted by atomic mass is 9.89. The molecule has 8 heteroatoms. The highest BCUT2D eigenvalue weighted by atomic mass is 79.9. The Bertz CT molecular complexity index is 887. The number of hydrogen-bond donors (Lipinski definition) is 1. The van der Waals surface area contributed by atoms with Gasteiger partial charge in [-0.05, 0) is 37.1 Å². The highest BCUT2D eigenvalue weighted by molar-refractivity contribution is 9.10. The minimum absolute atomic E-state index is 0.447. The Balaban J connectivity index is 1.81. The Morgan fingerprint density at radius 3 is 2.74 bits per heavy atom. The largest absolute Gasteiger partial charge is 0.471 e. The molecule has 0 radical (unpaired) electrons. The number of hydrogen-bond acceptors (Lipinski definition) is 3. The summed E-state index contributed by atoms with van der Waals surface area (Å²) in [6.07, 6.45) is -3.79. The first-order valence-corrected chi connectivity index (χ1v) is 9.34. The lowest BCUT2D eigenvalue weighted by Gasteiger charge is -2.42. The van der Waals surface area contributed by atoms with Crippen LogP contribution in [-0.2, 0) is 4.79 Å². The number of amides is 1. The van der Waals surface area contributed by atoms with Crippen LogP contribution in [0.5, 0.6) is 11.5 Å². The van der Waals surface area contributed by atoms with Gasteiger partial charge in [0.2, 0.25) is 0 Å². The Morgan fingerprint density at radius 1 is 1.19 bits per heavy atom. The summed E-state index contributed by atoms with van der Waals surface area (Å²) in [7, 11) is 0. The monoisotopic (exact) mass is 440 g/mol. The molecule has 0 aromatic heterocycles. The van der Waals surface area contributed by atoms with Gasteiger partial charge in [-0.2, -0.15) is 13.2 Å². The van der Waals surface area contributed by atoms with Gasteiger partial charge in [0.05, 0.1) is 17.8 Å². The standard InChI is InChI=1S/C19H16BrF3N2O2/c20-11-7-8-16-14(10-11)25-9-3-5-13(24-18(26)19(21,22)23)17(25)12-4-1-2-6-15(12)27-16/h1-2,4,6-8,10,13,17H,3,5,9H2,(H,24,26)/t13-,17+/m0/s1. The molecule has 1 N–H and O–H groups in total. The van der Waals surface area contributed by atoms with E-state index in [1.165, 1.54) is 0 Å². The maximum absolute atomic E-state index is 12.8. The third-order valence-corrected chi connectivity index (χ3v) is 5.39. The SMILES string of the molecule is O=C(N[C@H]1CCCN2c3cc(Br)ccc3Oc3ccccc3[C@H]12)C(F)(F)F. The van der Waals surface area contributed by atoms with Crippen LogP contribution in [0.15, 0.2) is 46.9 Å². The minimum Gasteiger partial charge on any atom is -0.455 e. The van der Waals surface area contributed by atoms with E-state index in [9.17, 15) is 18.0 Å². The summed E-state index contributed by atoms with van der Waals surface area (Å²) < 4.78 is 45.4. The van der Waals surface area contributed by atoms with E-state index in [4.69, 9.17) is 4.74 Å². The van der Waals surface area contributed by atoms with Gasteiger partial charge in [0.1, 0.15) is 5.75 Å². The van der Waals surface area contributed by atoms with Crippen molar-refractivity contribution in [3.63, 3.8) is 0 Å². The topological polar surface area (TPSA) is 41.6 Å². The second kappa shape index (κ2) is 6.74. The van der Waals surface area contributed by atoms with Crippen molar-refractivity contribution in [1.29, 1.82) is 0 Å². The normalized spacial score (nSPS) is 21.3. The number of piperidine rings is 1. The number of rotatable bonds is 1. The number of halogens is 4. The van der Waals surface area contributed by atoms with Crippen LogP contribution >= 0.6 is 15.9 Å². The molecule has 27 heavy (non-hydrogen) atoms. The molecular weight excluding hydrogens is 425 g/mol.